The lowest BCUT2D eigenvalue weighted by Crippen LogP contribution is -2.53. The minimum absolute atomic E-state index is 0.0166. The molecule has 1 atom stereocenters. The summed E-state index contributed by atoms with van der Waals surface area (Å²) in [5, 5.41) is 8.57. The highest BCUT2D eigenvalue weighted by Gasteiger charge is 2.30. The van der Waals surface area contributed by atoms with Crippen LogP contribution in [0.15, 0.2) is 6.20 Å². The number of fused-ring (bicyclic) bond motifs is 1. The first-order chi connectivity index (χ1) is 11.6. The number of carbonyl (C=O) groups excluding carboxylic acids is 1. The number of piperazine rings is 1. The number of carbonyl (C=O) groups is 1. The molecule has 2 fully saturated rings. The van der Waals surface area contributed by atoms with Crippen molar-refractivity contribution < 1.29 is 4.79 Å². The molecule has 0 radical (unpaired) electrons. The first kappa shape index (κ1) is 15.3. The molecule has 0 aliphatic carbocycles. The Bertz CT molecular complexity index is 757. The third-order valence-electron chi connectivity index (χ3n) is 4.93. The smallest absolute Gasteiger partial charge is 0.239 e. The molecule has 0 bridgehead atoms. The number of nitrogens with one attached hydrogen (secondary N) is 1. The molecule has 4 rings (SSSR count). The van der Waals surface area contributed by atoms with Crippen molar-refractivity contribution in [2.75, 3.05) is 37.6 Å². The van der Waals surface area contributed by atoms with Crippen LogP contribution in [0.3, 0.4) is 0 Å². The fraction of sp³-hybridized carbons (Fsp3) is 0.625. The molecule has 1 N–H and O–H groups in total. The summed E-state index contributed by atoms with van der Waals surface area (Å²) in [6.45, 7) is 5.92. The second kappa shape index (κ2) is 6.01. The van der Waals surface area contributed by atoms with Crippen LogP contribution in [0.2, 0.25) is 0 Å². The van der Waals surface area contributed by atoms with Gasteiger partial charge in [-0.25, -0.2) is 9.97 Å². The predicted octanol–water partition coefficient (Wildman–Crippen LogP) is 0.0723. The van der Waals surface area contributed by atoms with Crippen molar-refractivity contribution >= 4 is 22.8 Å². The molecule has 2 aromatic heterocycles. The summed E-state index contributed by atoms with van der Waals surface area (Å²) in [6, 6.07) is 0.0166. The van der Waals surface area contributed by atoms with Gasteiger partial charge < -0.3 is 15.1 Å². The molecule has 0 aromatic carbocycles. The van der Waals surface area contributed by atoms with E-state index in [0.717, 1.165) is 68.2 Å². The number of amides is 1. The van der Waals surface area contributed by atoms with E-state index in [0.29, 0.717) is 0 Å². The Balaban J connectivity index is 1.51. The highest BCUT2D eigenvalue weighted by Crippen LogP contribution is 2.24. The quantitative estimate of drug-likeness (QED) is 0.840. The van der Waals surface area contributed by atoms with Crippen molar-refractivity contribution in [1.29, 1.82) is 0 Å². The Hall–Kier alpha value is -2.22. The van der Waals surface area contributed by atoms with Gasteiger partial charge in [-0.15, -0.1) is 0 Å². The van der Waals surface area contributed by atoms with Gasteiger partial charge in [0.1, 0.15) is 11.6 Å². The molecule has 2 aliphatic heterocycles. The van der Waals surface area contributed by atoms with Crippen molar-refractivity contribution in [1.82, 2.24) is 30.0 Å². The maximum Gasteiger partial charge on any atom is 0.239 e. The minimum atomic E-state index is 0.0166. The predicted molar refractivity (Wildman–Crippen MR) is 90.9 cm³/mol. The third-order valence-corrected chi connectivity index (χ3v) is 4.93. The second-order valence-corrected chi connectivity index (χ2v) is 6.56. The molecular formula is C16H23N7O. The van der Waals surface area contributed by atoms with E-state index in [-0.39, 0.29) is 11.9 Å². The van der Waals surface area contributed by atoms with Crippen molar-refractivity contribution in [3.8, 4) is 0 Å². The van der Waals surface area contributed by atoms with Crippen LogP contribution < -0.4 is 10.2 Å². The third kappa shape index (κ3) is 2.60. The van der Waals surface area contributed by atoms with Crippen LogP contribution in [0, 0.1) is 6.92 Å². The summed E-state index contributed by atoms with van der Waals surface area (Å²) in [6.07, 6.45) is 3.88. The Morgan fingerprint density at radius 1 is 1.25 bits per heavy atom. The van der Waals surface area contributed by atoms with Crippen LogP contribution in [0.25, 0.3) is 11.0 Å². The molecule has 1 unspecified atom stereocenters. The first-order valence-corrected chi connectivity index (χ1v) is 8.57. The molecule has 24 heavy (non-hydrogen) atoms. The Kier molecular flexibility index (Phi) is 3.84. The lowest BCUT2D eigenvalue weighted by Gasteiger charge is -2.36. The van der Waals surface area contributed by atoms with Gasteiger partial charge in [-0.3, -0.25) is 9.48 Å². The molecule has 0 saturated carbocycles. The lowest BCUT2D eigenvalue weighted by atomic mass is 10.2. The van der Waals surface area contributed by atoms with Crippen molar-refractivity contribution in [3.63, 3.8) is 0 Å². The molecule has 2 saturated heterocycles. The topological polar surface area (TPSA) is 79.2 Å². The highest BCUT2D eigenvalue weighted by molar-refractivity contribution is 5.87. The van der Waals surface area contributed by atoms with Gasteiger partial charge in [0.15, 0.2) is 5.65 Å². The Morgan fingerprint density at radius 3 is 2.75 bits per heavy atom. The fourth-order valence-electron chi connectivity index (χ4n) is 3.61. The van der Waals surface area contributed by atoms with E-state index < -0.39 is 0 Å². The largest absolute Gasteiger partial charge is 0.352 e. The van der Waals surface area contributed by atoms with E-state index in [4.69, 9.17) is 0 Å². The molecule has 2 aliphatic rings. The van der Waals surface area contributed by atoms with E-state index in [1.165, 1.54) is 0 Å². The molecule has 128 valence electrons. The molecule has 4 heterocycles. The summed E-state index contributed by atoms with van der Waals surface area (Å²) in [5.41, 5.74) is 0.853. The van der Waals surface area contributed by atoms with Crippen molar-refractivity contribution in [3.05, 3.63) is 12.0 Å². The van der Waals surface area contributed by atoms with E-state index in [9.17, 15) is 4.79 Å². The zero-order chi connectivity index (χ0) is 16.7. The van der Waals surface area contributed by atoms with Gasteiger partial charge in [0.2, 0.25) is 5.91 Å². The fourth-order valence-corrected chi connectivity index (χ4v) is 3.61. The second-order valence-electron chi connectivity index (χ2n) is 6.56. The SMILES string of the molecule is Cc1nc(N2CCN(C(=O)C3CCCN3)CC2)c2cnn(C)c2n1. The zero-order valence-electron chi connectivity index (χ0n) is 14.2. The van der Waals surface area contributed by atoms with Gasteiger partial charge in [0.05, 0.1) is 17.6 Å². The van der Waals surface area contributed by atoms with Crippen molar-refractivity contribution in [2.24, 2.45) is 7.05 Å². The summed E-state index contributed by atoms with van der Waals surface area (Å²) in [4.78, 5) is 25.8. The normalized spacial score (nSPS) is 21.7. The first-order valence-electron chi connectivity index (χ1n) is 8.57. The maximum absolute atomic E-state index is 12.5. The van der Waals surface area contributed by atoms with Crippen LogP contribution in [0.5, 0.6) is 0 Å². The Labute approximate surface area is 140 Å². The number of hydrogen-bond acceptors (Lipinski definition) is 6. The number of aryl methyl sites for hydroxylation is 2. The molecule has 8 nitrogen and oxygen atoms in total. The van der Waals surface area contributed by atoms with Crippen LogP contribution >= 0.6 is 0 Å². The number of nitrogens with zero attached hydrogens (tertiary/aromatic N) is 6. The summed E-state index contributed by atoms with van der Waals surface area (Å²) >= 11 is 0. The summed E-state index contributed by atoms with van der Waals surface area (Å²) < 4.78 is 1.78. The number of hydrogen-bond donors (Lipinski definition) is 1. The van der Waals surface area contributed by atoms with E-state index in [2.05, 4.69) is 25.3 Å². The molecule has 8 heteroatoms. The van der Waals surface area contributed by atoms with Crippen LogP contribution in [0.1, 0.15) is 18.7 Å². The van der Waals surface area contributed by atoms with Crippen LogP contribution in [0.4, 0.5) is 5.82 Å². The molecule has 2 aromatic rings. The number of rotatable bonds is 2. The average Bonchev–Trinajstić information content (AvgIpc) is 3.25. The van der Waals surface area contributed by atoms with Gasteiger partial charge in [-0.1, -0.05) is 0 Å². The van der Waals surface area contributed by atoms with Gasteiger partial charge in [0, 0.05) is 33.2 Å². The standard InChI is InChI=1S/C16H23N7O/c1-11-19-14-12(10-18-21(14)2)15(20-11)22-6-8-23(9-7-22)16(24)13-4-3-5-17-13/h10,13,17H,3-9H2,1-2H3. The van der Waals surface area contributed by atoms with E-state index in [1.54, 1.807) is 4.68 Å². The van der Waals surface area contributed by atoms with Gasteiger partial charge in [-0.2, -0.15) is 5.10 Å². The van der Waals surface area contributed by atoms with Crippen molar-refractivity contribution in [2.45, 2.75) is 25.8 Å². The van der Waals surface area contributed by atoms with Gasteiger partial charge in [0.25, 0.3) is 0 Å². The highest BCUT2D eigenvalue weighted by atomic mass is 16.2. The zero-order valence-corrected chi connectivity index (χ0v) is 14.2. The molecule has 0 spiro atoms. The number of aromatic nitrogens is 4. The summed E-state index contributed by atoms with van der Waals surface area (Å²) in [7, 11) is 1.89. The summed E-state index contributed by atoms with van der Waals surface area (Å²) in [5.74, 6) is 1.92. The van der Waals surface area contributed by atoms with E-state index in [1.807, 2.05) is 25.1 Å². The van der Waals surface area contributed by atoms with Gasteiger partial charge in [-0.05, 0) is 26.3 Å². The monoisotopic (exact) mass is 329 g/mol. The lowest BCUT2D eigenvalue weighted by molar-refractivity contribution is -0.133. The minimum Gasteiger partial charge on any atom is -0.352 e. The van der Waals surface area contributed by atoms with Crippen LogP contribution in [-0.2, 0) is 11.8 Å². The Morgan fingerprint density at radius 2 is 2.04 bits per heavy atom. The number of anilines is 1. The van der Waals surface area contributed by atoms with Gasteiger partial charge >= 0.3 is 0 Å². The molecule has 1 amide bonds. The van der Waals surface area contributed by atoms with Crippen LogP contribution in [-0.4, -0.2) is 69.3 Å². The average molecular weight is 329 g/mol. The maximum atomic E-state index is 12.5. The molecular weight excluding hydrogens is 306 g/mol. The van der Waals surface area contributed by atoms with E-state index >= 15 is 0 Å².